The summed E-state index contributed by atoms with van der Waals surface area (Å²) in [6.45, 7) is 4.70. The molecule has 0 saturated carbocycles. The van der Waals surface area contributed by atoms with E-state index in [4.69, 9.17) is 13.9 Å². The van der Waals surface area contributed by atoms with E-state index in [1.54, 1.807) is 0 Å². The maximum absolute atomic E-state index is 5.49. The van der Waals surface area contributed by atoms with E-state index >= 15 is 0 Å². The van der Waals surface area contributed by atoms with E-state index in [1.165, 1.54) is 0 Å². The third kappa shape index (κ3) is 8.77. The van der Waals surface area contributed by atoms with Crippen LogP contribution in [0.15, 0.2) is 0 Å². The maximum atomic E-state index is 5.49. The van der Waals surface area contributed by atoms with Gasteiger partial charge in [0.15, 0.2) is 9.76 Å². The van der Waals surface area contributed by atoms with E-state index in [9.17, 15) is 0 Å². The fraction of sp³-hybridized carbons (Fsp3) is 1.00. The summed E-state index contributed by atoms with van der Waals surface area (Å²) in [4.78, 5) is 0. The van der Waals surface area contributed by atoms with Crippen LogP contribution in [0.1, 0.15) is 20.3 Å². The van der Waals surface area contributed by atoms with E-state index in [1.807, 2.05) is 13.8 Å². The molecule has 0 rings (SSSR count). The Morgan fingerprint density at radius 3 is 2.31 bits per heavy atom. The number of thiol groups is 1. The van der Waals surface area contributed by atoms with Crippen LogP contribution in [-0.2, 0) is 13.9 Å². The van der Waals surface area contributed by atoms with Gasteiger partial charge in [0.25, 0.3) is 6.48 Å². The third-order valence-corrected chi connectivity index (χ3v) is 3.02. The van der Waals surface area contributed by atoms with Gasteiger partial charge < -0.3 is 13.9 Å². The van der Waals surface area contributed by atoms with E-state index in [0.717, 1.165) is 18.2 Å². The Morgan fingerprint density at radius 1 is 1.23 bits per heavy atom. The van der Waals surface area contributed by atoms with Gasteiger partial charge in [0.1, 0.15) is 0 Å². The minimum atomic E-state index is -0.487. The largest absolute Gasteiger partial charge is 0.379 e. The monoisotopic (exact) mass is 224 g/mol. The first-order valence-corrected chi connectivity index (χ1v) is 7.01. The summed E-state index contributed by atoms with van der Waals surface area (Å²) in [6.07, 6.45) is 1.13. The maximum Gasteiger partial charge on any atom is 0.261 e. The molecule has 0 unspecified atom stereocenters. The predicted molar refractivity (Wildman–Crippen MR) is 59.9 cm³/mol. The molecule has 0 spiro atoms. The van der Waals surface area contributed by atoms with E-state index in [0.29, 0.717) is 13.2 Å². The van der Waals surface area contributed by atoms with Crippen molar-refractivity contribution in [1.29, 1.82) is 0 Å². The van der Waals surface area contributed by atoms with Crippen molar-refractivity contribution in [3.8, 4) is 0 Å². The molecule has 80 valence electrons. The Kier molecular flexibility index (Phi) is 10.9. The Balaban J connectivity index is 3.33. The number of hydrogen-bond donors (Lipinski definition) is 1. The van der Waals surface area contributed by atoms with Gasteiger partial charge in [0.2, 0.25) is 0 Å². The highest BCUT2D eigenvalue weighted by atomic mass is 32.1. The van der Waals surface area contributed by atoms with Gasteiger partial charge in [-0.2, -0.15) is 12.6 Å². The summed E-state index contributed by atoms with van der Waals surface area (Å²) >= 11 is 4.13. The summed E-state index contributed by atoms with van der Waals surface area (Å²) < 4.78 is 16.0. The zero-order valence-electron chi connectivity index (χ0n) is 8.49. The molecule has 5 heteroatoms. The third-order valence-electron chi connectivity index (χ3n) is 1.41. The first kappa shape index (κ1) is 13.4. The topological polar surface area (TPSA) is 27.7 Å². The van der Waals surface area contributed by atoms with Crippen LogP contribution in [-0.4, -0.2) is 35.2 Å². The molecule has 13 heavy (non-hydrogen) atoms. The fourth-order valence-electron chi connectivity index (χ4n) is 0.810. The van der Waals surface area contributed by atoms with Crippen molar-refractivity contribution in [2.75, 3.05) is 19.0 Å². The zero-order valence-corrected chi connectivity index (χ0v) is 10.8. The molecule has 0 aromatic heterocycles. The second-order valence-corrected chi connectivity index (χ2v) is 4.40. The average Bonchev–Trinajstić information content (AvgIpc) is 2.13. The van der Waals surface area contributed by atoms with Crippen LogP contribution in [0.4, 0.5) is 0 Å². The van der Waals surface area contributed by atoms with Crippen molar-refractivity contribution < 1.29 is 13.9 Å². The average molecular weight is 224 g/mol. The van der Waals surface area contributed by atoms with Crippen molar-refractivity contribution in [2.24, 2.45) is 0 Å². The van der Waals surface area contributed by atoms with Gasteiger partial charge in [-0.05, 0) is 32.1 Å². The van der Waals surface area contributed by atoms with Crippen LogP contribution < -0.4 is 0 Å². The van der Waals surface area contributed by atoms with E-state index in [2.05, 4.69) is 12.6 Å². The summed E-state index contributed by atoms with van der Waals surface area (Å²) in [7, 11) is -0.487. The van der Waals surface area contributed by atoms with Crippen LogP contribution in [0.25, 0.3) is 0 Å². The standard InChI is InChI=1S/C8H20O3SSi/c1-3-9-8(10-4-2)11-13-7-5-6-12/h8,12H,3-7,13H2,1-2H3. The summed E-state index contributed by atoms with van der Waals surface area (Å²) in [5, 5.41) is 0. The van der Waals surface area contributed by atoms with Crippen molar-refractivity contribution in [3.05, 3.63) is 0 Å². The lowest BCUT2D eigenvalue weighted by molar-refractivity contribution is -0.243. The molecule has 0 aliphatic heterocycles. The molecule has 0 amide bonds. The molecule has 0 atom stereocenters. The lowest BCUT2D eigenvalue weighted by Crippen LogP contribution is -2.23. The first-order valence-electron chi connectivity index (χ1n) is 4.80. The Labute approximate surface area is 88.5 Å². The second-order valence-electron chi connectivity index (χ2n) is 2.50. The lowest BCUT2D eigenvalue weighted by Gasteiger charge is -2.17. The van der Waals surface area contributed by atoms with Crippen LogP contribution in [0.2, 0.25) is 6.04 Å². The molecular formula is C8H20O3SSi. The summed E-state index contributed by atoms with van der Waals surface area (Å²) in [6, 6.07) is 1.14. The van der Waals surface area contributed by atoms with Gasteiger partial charge >= 0.3 is 0 Å². The molecule has 3 nitrogen and oxygen atoms in total. The second kappa shape index (κ2) is 10.5. The van der Waals surface area contributed by atoms with Gasteiger partial charge in [-0.3, -0.25) is 0 Å². The molecule has 0 fully saturated rings. The smallest absolute Gasteiger partial charge is 0.261 e. The van der Waals surface area contributed by atoms with Crippen molar-refractivity contribution in [3.63, 3.8) is 0 Å². The van der Waals surface area contributed by atoms with E-state index in [-0.39, 0.29) is 0 Å². The van der Waals surface area contributed by atoms with Gasteiger partial charge in [0, 0.05) is 13.2 Å². The number of hydrogen-bond acceptors (Lipinski definition) is 4. The summed E-state index contributed by atoms with van der Waals surface area (Å²) in [5.41, 5.74) is 0. The van der Waals surface area contributed by atoms with Gasteiger partial charge in [-0.25, -0.2) is 0 Å². The highest BCUT2D eigenvalue weighted by molar-refractivity contribution is 7.80. The minimum Gasteiger partial charge on any atom is -0.379 e. The van der Waals surface area contributed by atoms with Crippen LogP contribution in [0.5, 0.6) is 0 Å². The quantitative estimate of drug-likeness (QED) is 0.276. The van der Waals surface area contributed by atoms with Crippen molar-refractivity contribution in [1.82, 2.24) is 0 Å². The van der Waals surface area contributed by atoms with Crippen LogP contribution >= 0.6 is 12.6 Å². The zero-order chi connectivity index (χ0) is 9.94. The summed E-state index contributed by atoms with van der Waals surface area (Å²) in [5.74, 6) is 0.935. The van der Waals surface area contributed by atoms with Gasteiger partial charge in [0.05, 0.1) is 0 Å². The molecule has 0 aliphatic rings. The van der Waals surface area contributed by atoms with Crippen molar-refractivity contribution >= 4 is 22.4 Å². The Morgan fingerprint density at radius 2 is 1.85 bits per heavy atom. The van der Waals surface area contributed by atoms with Gasteiger partial charge in [-0.1, -0.05) is 0 Å². The molecular weight excluding hydrogens is 204 g/mol. The highest BCUT2D eigenvalue weighted by Gasteiger charge is 2.06. The first-order chi connectivity index (χ1) is 6.35. The molecule has 0 heterocycles. The molecule has 0 bridgehead atoms. The minimum absolute atomic E-state index is 0.429. The van der Waals surface area contributed by atoms with Crippen LogP contribution in [0.3, 0.4) is 0 Å². The Bertz CT molecular complexity index is 99.4. The van der Waals surface area contributed by atoms with Crippen molar-refractivity contribution in [2.45, 2.75) is 32.8 Å². The predicted octanol–water partition coefficient (Wildman–Crippen LogP) is 1.18. The van der Waals surface area contributed by atoms with Crippen LogP contribution in [0, 0.1) is 0 Å². The SMILES string of the molecule is CCOC(OCC)O[SiH2]CCCS. The molecule has 0 aliphatic carbocycles. The lowest BCUT2D eigenvalue weighted by atomic mass is 10.6. The molecule has 0 radical (unpaired) electrons. The normalized spacial score (nSPS) is 12.0. The number of rotatable bonds is 9. The number of ether oxygens (including phenoxy) is 2. The highest BCUT2D eigenvalue weighted by Crippen LogP contribution is 1.99. The molecule has 0 aromatic carbocycles. The van der Waals surface area contributed by atoms with E-state index < -0.39 is 16.2 Å². The fourth-order valence-corrected chi connectivity index (χ4v) is 2.46. The molecule has 0 aromatic rings. The Hall–Kier alpha value is 0.447. The van der Waals surface area contributed by atoms with Gasteiger partial charge in [-0.15, -0.1) is 0 Å². The molecule has 0 N–H and O–H groups in total. The molecule has 0 saturated heterocycles.